The van der Waals surface area contributed by atoms with Crippen molar-refractivity contribution < 1.29 is 14.3 Å². The maximum absolute atomic E-state index is 12.5. The number of rotatable bonds is 5. The summed E-state index contributed by atoms with van der Waals surface area (Å²) in [4.78, 5) is 28.0. The van der Waals surface area contributed by atoms with Gasteiger partial charge in [0.1, 0.15) is 5.75 Å². The van der Waals surface area contributed by atoms with Crippen LogP contribution in [0, 0.1) is 6.92 Å². The van der Waals surface area contributed by atoms with Gasteiger partial charge in [-0.1, -0.05) is 18.2 Å². The van der Waals surface area contributed by atoms with E-state index < -0.39 is 0 Å². The fraction of sp³-hybridized carbons (Fsp3) is 0.174. The highest BCUT2D eigenvalue weighted by Crippen LogP contribution is 2.27. The lowest BCUT2D eigenvalue weighted by molar-refractivity contribution is -0.119. The largest absolute Gasteiger partial charge is 0.439 e. The number of hydrogen-bond acceptors (Lipinski definition) is 4. The molecule has 3 amide bonds. The van der Waals surface area contributed by atoms with Crippen molar-refractivity contribution in [3.05, 3.63) is 78.0 Å². The van der Waals surface area contributed by atoms with Crippen LogP contribution in [0.25, 0.3) is 0 Å². The molecule has 1 atom stereocenters. The first-order chi connectivity index (χ1) is 14.6. The van der Waals surface area contributed by atoms with Crippen molar-refractivity contribution in [2.45, 2.75) is 25.8 Å². The molecule has 1 aliphatic rings. The number of anilines is 2. The molecule has 2 heterocycles. The summed E-state index contributed by atoms with van der Waals surface area (Å²) < 4.78 is 5.71. The minimum Gasteiger partial charge on any atom is -0.439 e. The average Bonchev–Trinajstić information content (AvgIpc) is 3.17. The van der Waals surface area contributed by atoms with E-state index in [9.17, 15) is 9.59 Å². The van der Waals surface area contributed by atoms with E-state index in [2.05, 4.69) is 20.9 Å². The number of amides is 3. The molecule has 2 aromatic carbocycles. The SMILES string of the molecule is Cc1cc(Oc2ccccn2)ccc1NC(=O)Nc1cccc(C2CCC(=O)N2)c1. The minimum atomic E-state index is -0.343. The molecule has 3 aromatic rings. The molecule has 1 aromatic heterocycles. The van der Waals surface area contributed by atoms with Crippen LogP contribution in [-0.2, 0) is 4.79 Å². The van der Waals surface area contributed by atoms with Crippen molar-refractivity contribution >= 4 is 23.3 Å². The van der Waals surface area contributed by atoms with Crippen LogP contribution in [0.2, 0.25) is 0 Å². The van der Waals surface area contributed by atoms with Crippen LogP contribution in [0.3, 0.4) is 0 Å². The molecule has 0 aliphatic carbocycles. The van der Waals surface area contributed by atoms with Crippen molar-refractivity contribution in [3.8, 4) is 11.6 Å². The standard InChI is InChI=1S/C23H22N4O3/c1-15-13-18(30-22-7-2-3-12-24-22)8-9-19(15)27-23(29)25-17-6-4-5-16(14-17)20-10-11-21(28)26-20/h2-9,12-14,20H,10-11H2,1H3,(H,26,28)(H2,25,27,29). The Morgan fingerprint density at radius 2 is 2.00 bits per heavy atom. The smallest absolute Gasteiger partial charge is 0.323 e. The predicted molar refractivity (Wildman–Crippen MR) is 115 cm³/mol. The predicted octanol–water partition coefficient (Wildman–Crippen LogP) is 4.78. The molecule has 3 N–H and O–H groups in total. The Kier molecular flexibility index (Phi) is 5.61. The van der Waals surface area contributed by atoms with E-state index in [1.165, 1.54) is 0 Å². The second kappa shape index (κ2) is 8.65. The highest BCUT2D eigenvalue weighted by atomic mass is 16.5. The molecule has 0 spiro atoms. The monoisotopic (exact) mass is 402 g/mol. The van der Waals surface area contributed by atoms with Crippen LogP contribution < -0.4 is 20.7 Å². The number of ether oxygens (including phenoxy) is 1. The van der Waals surface area contributed by atoms with Gasteiger partial charge in [0.25, 0.3) is 0 Å². The number of aromatic nitrogens is 1. The number of aryl methyl sites for hydroxylation is 1. The third-order valence-corrected chi connectivity index (χ3v) is 4.85. The summed E-state index contributed by atoms with van der Waals surface area (Å²) in [5, 5.41) is 8.64. The molecule has 0 radical (unpaired) electrons. The second-order valence-electron chi connectivity index (χ2n) is 7.11. The molecule has 0 saturated carbocycles. The number of hydrogen-bond donors (Lipinski definition) is 3. The number of carbonyl (C=O) groups excluding carboxylic acids is 2. The van der Waals surface area contributed by atoms with Gasteiger partial charge in [0, 0.05) is 30.1 Å². The molecule has 1 aliphatic heterocycles. The van der Waals surface area contributed by atoms with E-state index >= 15 is 0 Å². The van der Waals surface area contributed by atoms with Crippen molar-refractivity contribution in [2.24, 2.45) is 0 Å². The van der Waals surface area contributed by atoms with E-state index in [0.29, 0.717) is 29.4 Å². The molecular formula is C23H22N4O3. The summed E-state index contributed by atoms with van der Waals surface area (Å²) in [7, 11) is 0. The first-order valence-corrected chi connectivity index (χ1v) is 9.74. The van der Waals surface area contributed by atoms with Gasteiger partial charge < -0.3 is 20.7 Å². The number of carbonyl (C=O) groups is 2. The summed E-state index contributed by atoms with van der Waals surface area (Å²) in [6, 6.07) is 18.0. The highest BCUT2D eigenvalue weighted by Gasteiger charge is 2.22. The molecular weight excluding hydrogens is 380 g/mol. The topological polar surface area (TPSA) is 92.3 Å². The van der Waals surface area contributed by atoms with E-state index in [1.807, 2.05) is 49.4 Å². The first kappa shape index (κ1) is 19.4. The molecule has 4 rings (SSSR count). The zero-order valence-electron chi connectivity index (χ0n) is 16.5. The lowest BCUT2D eigenvalue weighted by Gasteiger charge is -2.14. The fourth-order valence-corrected chi connectivity index (χ4v) is 3.35. The summed E-state index contributed by atoms with van der Waals surface area (Å²) in [5.74, 6) is 1.21. The van der Waals surface area contributed by atoms with Gasteiger partial charge in [-0.05, 0) is 60.9 Å². The third-order valence-electron chi connectivity index (χ3n) is 4.85. The van der Waals surface area contributed by atoms with Gasteiger partial charge in [0.15, 0.2) is 0 Å². The molecule has 0 bridgehead atoms. The normalized spacial score (nSPS) is 15.4. The van der Waals surface area contributed by atoms with Crippen LogP contribution >= 0.6 is 0 Å². The maximum atomic E-state index is 12.5. The maximum Gasteiger partial charge on any atom is 0.323 e. The fourth-order valence-electron chi connectivity index (χ4n) is 3.35. The van der Waals surface area contributed by atoms with Crippen LogP contribution in [0.5, 0.6) is 11.6 Å². The van der Waals surface area contributed by atoms with Gasteiger partial charge in [0.05, 0.1) is 6.04 Å². The minimum absolute atomic E-state index is 0.00351. The molecule has 7 nitrogen and oxygen atoms in total. The molecule has 30 heavy (non-hydrogen) atoms. The van der Waals surface area contributed by atoms with Gasteiger partial charge >= 0.3 is 6.03 Å². The van der Waals surface area contributed by atoms with Gasteiger partial charge in [0.2, 0.25) is 11.8 Å². The zero-order chi connectivity index (χ0) is 20.9. The summed E-state index contributed by atoms with van der Waals surface area (Å²) >= 11 is 0. The summed E-state index contributed by atoms with van der Waals surface area (Å²) in [6.07, 6.45) is 2.96. The summed E-state index contributed by atoms with van der Waals surface area (Å²) in [6.45, 7) is 1.89. The van der Waals surface area contributed by atoms with Gasteiger partial charge in [-0.15, -0.1) is 0 Å². The van der Waals surface area contributed by atoms with Crippen LogP contribution in [0.4, 0.5) is 16.2 Å². The lowest BCUT2D eigenvalue weighted by atomic mass is 10.0. The Balaban J connectivity index is 1.39. The zero-order valence-corrected chi connectivity index (χ0v) is 16.5. The highest BCUT2D eigenvalue weighted by molar-refractivity contribution is 6.00. The van der Waals surface area contributed by atoms with Crippen molar-refractivity contribution in [1.82, 2.24) is 10.3 Å². The van der Waals surface area contributed by atoms with Crippen LogP contribution in [0.1, 0.15) is 30.0 Å². The number of urea groups is 1. The average molecular weight is 402 g/mol. The van der Waals surface area contributed by atoms with E-state index in [4.69, 9.17) is 4.74 Å². The number of pyridine rings is 1. The van der Waals surface area contributed by atoms with Crippen molar-refractivity contribution in [3.63, 3.8) is 0 Å². The summed E-state index contributed by atoms with van der Waals surface area (Å²) in [5.41, 5.74) is 3.19. The number of benzene rings is 2. The van der Waals surface area contributed by atoms with Gasteiger partial charge in [-0.25, -0.2) is 9.78 Å². The third kappa shape index (κ3) is 4.75. The Labute approximate surface area is 174 Å². The number of nitrogens with zero attached hydrogens (tertiary/aromatic N) is 1. The van der Waals surface area contributed by atoms with Gasteiger partial charge in [-0.2, -0.15) is 0 Å². The lowest BCUT2D eigenvalue weighted by Crippen LogP contribution is -2.21. The molecule has 1 saturated heterocycles. The molecule has 1 fully saturated rings. The Bertz CT molecular complexity index is 1070. The second-order valence-corrected chi connectivity index (χ2v) is 7.11. The van der Waals surface area contributed by atoms with E-state index in [-0.39, 0.29) is 18.0 Å². The Hall–Kier alpha value is -3.87. The van der Waals surface area contributed by atoms with Crippen molar-refractivity contribution in [2.75, 3.05) is 10.6 Å². The van der Waals surface area contributed by atoms with Crippen molar-refractivity contribution in [1.29, 1.82) is 0 Å². The quantitative estimate of drug-likeness (QED) is 0.573. The molecule has 7 heteroatoms. The molecule has 1 unspecified atom stereocenters. The Morgan fingerprint density at radius 1 is 1.10 bits per heavy atom. The van der Waals surface area contributed by atoms with E-state index in [1.54, 1.807) is 24.4 Å². The van der Waals surface area contributed by atoms with Crippen LogP contribution in [0.15, 0.2) is 66.9 Å². The van der Waals surface area contributed by atoms with Gasteiger partial charge in [-0.3, -0.25) is 4.79 Å². The van der Waals surface area contributed by atoms with E-state index in [0.717, 1.165) is 17.5 Å². The first-order valence-electron chi connectivity index (χ1n) is 9.74. The van der Waals surface area contributed by atoms with Crippen LogP contribution in [-0.4, -0.2) is 16.9 Å². The number of nitrogens with one attached hydrogen (secondary N) is 3. The Morgan fingerprint density at radius 3 is 2.73 bits per heavy atom. The molecule has 152 valence electrons.